The topological polar surface area (TPSA) is 96.5 Å². The van der Waals surface area contributed by atoms with Crippen LogP contribution in [-0.4, -0.2) is 111 Å². The highest BCUT2D eigenvalue weighted by Gasteiger charge is 2.06. The molecule has 0 saturated carbocycles. The van der Waals surface area contributed by atoms with Crippen LogP contribution in [0, 0.1) is 0 Å². The van der Waals surface area contributed by atoms with Gasteiger partial charge in [-0.25, -0.2) is 4.39 Å². The van der Waals surface area contributed by atoms with Gasteiger partial charge in [0.25, 0.3) is 0 Å². The van der Waals surface area contributed by atoms with Crippen LogP contribution >= 0.6 is 0 Å². The molecule has 0 spiro atoms. The van der Waals surface area contributed by atoms with Crippen molar-refractivity contribution in [2.75, 3.05) is 98.9 Å². The number of amides is 1. The highest BCUT2D eigenvalue weighted by Crippen LogP contribution is 1.91. The van der Waals surface area contributed by atoms with Crippen molar-refractivity contribution in [3.8, 4) is 0 Å². The van der Waals surface area contributed by atoms with Crippen molar-refractivity contribution < 1.29 is 40.5 Å². The minimum Gasteiger partial charge on any atom is -0.378 e. The molecular formula is C21H49FN2O7. The summed E-state index contributed by atoms with van der Waals surface area (Å²) in [5.41, 5.74) is 0. The van der Waals surface area contributed by atoms with Crippen LogP contribution < -0.4 is 10.6 Å². The van der Waals surface area contributed by atoms with Crippen molar-refractivity contribution in [2.24, 2.45) is 0 Å². The van der Waals surface area contributed by atoms with Crippen LogP contribution in [0.2, 0.25) is 0 Å². The maximum atomic E-state index is 13.3. The summed E-state index contributed by atoms with van der Waals surface area (Å²) < 4.78 is 45.2. The fraction of sp³-hybridized carbons (Fsp3) is 0.952. The van der Waals surface area contributed by atoms with Gasteiger partial charge in [-0.2, -0.15) is 0 Å². The average molecular weight is 461 g/mol. The van der Waals surface area contributed by atoms with Gasteiger partial charge in [0.2, 0.25) is 5.91 Å². The number of hydrogen-bond donors (Lipinski definition) is 2. The zero-order valence-corrected chi connectivity index (χ0v) is 19.9. The summed E-state index contributed by atoms with van der Waals surface area (Å²) in [6, 6.07) is 0. The highest BCUT2D eigenvalue weighted by molar-refractivity contribution is 5.72. The molecule has 0 aromatic carbocycles. The summed E-state index contributed by atoms with van der Waals surface area (Å²) in [5.74, 6) is -0.258. The normalized spacial score (nSPS) is 11.6. The third kappa shape index (κ3) is 31.4. The monoisotopic (exact) mass is 460 g/mol. The molecule has 0 radical (unpaired) electrons. The zero-order chi connectivity index (χ0) is 23.4. The summed E-state index contributed by atoms with van der Waals surface area (Å²) in [7, 11) is 0. The molecule has 1 atom stereocenters. The van der Waals surface area contributed by atoms with E-state index in [0.29, 0.717) is 72.7 Å². The number of alkyl halides is 1. The fourth-order valence-corrected chi connectivity index (χ4v) is 1.95. The summed E-state index contributed by atoms with van der Waals surface area (Å²) in [6.07, 6.45) is -1.21. The molecule has 192 valence electrons. The van der Waals surface area contributed by atoms with Gasteiger partial charge in [-0.3, -0.25) is 4.79 Å². The van der Waals surface area contributed by atoms with Crippen LogP contribution in [0.5, 0.6) is 0 Å². The first-order valence-corrected chi connectivity index (χ1v) is 11.2. The number of likely N-dealkylation sites (N-methyl/N-ethyl adjacent to an activating group) is 1. The Bertz CT molecular complexity index is 367. The summed E-state index contributed by atoms with van der Waals surface area (Å²) in [6.45, 7) is 14.5. The van der Waals surface area contributed by atoms with Crippen LogP contribution in [-0.2, 0) is 33.2 Å². The van der Waals surface area contributed by atoms with Crippen LogP contribution in [0.15, 0.2) is 0 Å². The van der Waals surface area contributed by atoms with Crippen molar-refractivity contribution in [3.05, 3.63) is 0 Å². The SMILES string of the molecule is CC.CCNCCOCCOCCOCCOCCOCCOCC(F)CNC(C)=O.[HH].[HH]. The molecule has 0 aliphatic carbocycles. The second kappa shape index (κ2) is 29.1. The Labute approximate surface area is 190 Å². The number of ether oxygens (including phenoxy) is 6. The van der Waals surface area contributed by atoms with E-state index in [1.54, 1.807) is 0 Å². The molecule has 0 rings (SSSR count). The van der Waals surface area contributed by atoms with Gasteiger partial charge in [0.15, 0.2) is 0 Å². The number of rotatable bonds is 23. The molecule has 0 aliphatic rings. The highest BCUT2D eigenvalue weighted by atomic mass is 19.1. The average Bonchev–Trinajstić information content (AvgIpc) is 2.77. The van der Waals surface area contributed by atoms with E-state index in [1.807, 2.05) is 13.8 Å². The van der Waals surface area contributed by atoms with E-state index in [2.05, 4.69) is 17.6 Å². The number of carbonyl (C=O) groups excluding carboxylic acids is 1. The first-order valence-electron chi connectivity index (χ1n) is 11.2. The summed E-state index contributed by atoms with van der Waals surface area (Å²) in [4.78, 5) is 10.6. The minimum atomic E-state index is -1.21. The second-order valence-corrected chi connectivity index (χ2v) is 6.02. The van der Waals surface area contributed by atoms with Crippen molar-refractivity contribution in [3.63, 3.8) is 0 Å². The lowest BCUT2D eigenvalue weighted by Gasteiger charge is -2.10. The first kappa shape index (κ1) is 32.3. The summed E-state index contributed by atoms with van der Waals surface area (Å²) in [5, 5.41) is 5.57. The van der Waals surface area contributed by atoms with Gasteiger partial charge in [0.1, 0.15) is 6.17 Å². The van der Waals surface area contributed by atoms with Crippen molar-refractivity contribution in [1.82, 2.24) is 10.6 Å². The number of hydrogen-bond acceptors (Lipinski definition) is 8. The number of halogens is 1. The summed E-state index contributed by atoms with van der Waals surface area (Å²) >= 11 is 0. The van der Waals surface area contributed by atoms with E-state index in [-0.39, 0.29) is 21.9 Å². The zero-order valence-electron chi connectivity index (χ0n) is 19.9. The molecule has 1 amide bonds. The smallest absolute Gasteiger partial charge is 0.216 e. The number of nitrogens with one attached hydrogen (secondary N) is 2. The van der Waals surface area contributed by atoms with Gasteiger partial charge < -0.3 is 39.1 Å². The minimum absolute atomic E-state index is 0. The van der Waals surface area contributed by atoms with Crippen molar-refractivity contribution >= 4 is 5.91 Å². The van der Waals surface area contributed by atoms with Crippen LogP contribution in [0.3, 0.4) is 0 Å². The lowest BCUT2D eigenvalue weighted by Crippen LogP contribution is -2.30. The maximum absolute atomic E-state index is 13.3. The molecule has 0 saturated heterocycles. The molecule has 0 fully saturated rings. The van der Waals surface area contributed by atoms with Gasteiger partial charge in [-0.05, 0) is 6.54 Å². The van der Waals surface area contributed by atoms with Crippen molar-refractivity contribution in [2.45, 2.75) is 33.9 Å². The van der Waals surface area contributed by atoms with Crippen molar-refractivity contribution in [1.29, 1.82) is 0 Å². The Morgan fingerprint density at radius 1 is 0.774 bits per heavy atom. The molecule has 0 heterocycles. The molecule has 10 heteroatoms. The van der Waals surface area contributed by atoms with Crippen LogP contribution in [0.1, 0.15) is 30.5 Å². The predicted octanol–water partition coefficient (Wildman–Crippen LogP) is 1.69. The van der Waals surface area contributed by atoms with E-state index < -0.39 is 6.17 Å². The number of carbonyl (C=O) groups is 1. The van der Waals surface area contributed by atoms with Gasteiger partial charge in [-0.15, -0.1) is 0 Å². The molecule has 0 aliphatic heterocycles. The Balaban J connectivity index is -0.00000102. The third-order valence-electron chi connectivity index (χ3n) is 3.40. The molecular weight excluding hydrogens is 411 g/mol. The third-order valence-corrected chi connectivity index (χ3v) is 3.40. The van der Waals surface area contributed by atoms with E-state index >= 15 is 0 Å². The Kier molecular flexibility index (Phi) is 30.3. The first-order chi connectivity index (χ1) is 15.2. The van der Waals surface area contributed by atoms with Gasteiger partial charge in [0.05, 0.1) is 85.8 Å². The predicted molar refractivity (Wildman–Crippen MR) is 123 cm³/mol. The largest absolute Gasteiger partial charge is 0.378 e. The molecule has 1 unspecified atom stereocenters. The van der Waals surface area contributed by atoms with Crippen LogP contribution in [0.25, 0.3) is 0 Å². The van der Waals surface area contributed by atoms with Gasteiger partial charge >= 0.3 is 0 Å². The molecule has 2 N–H and O–H groups in total. The lowest BCUT2D eigenvalue weighted by molar-refractivity contribution is -0.119. The molecule has 0 bridgehead atoms. The van der Waals surface area contributed by atoms with E-state index in [1.165, 1.54) is 6.92 Å². The maximum Gasteiger partial charge on any atom is 0.216 e. The lowest BCUT2D eigenvalue weighted by atomic mass is 10.4. The quantitative estimate of drug-likeness (QED) is 0.222. The second-order valence-electron chi connectivity index (χ2n) is 6.02. The Hall–Kier alpha value is -0.880. The fourth-order valence-electron chi connectivity index (χ4n) is 1.95. The Morgan fingerprint density at radius 3 is 1.55 bits per heavy atom. The van der Waals surface area contributed by atoms with Gasteiger partial charge in [0, 0.05) is 16.3 Å². The Morgan fingerprint density at radius 2 is 1.16 bits per heavy atom. The van der Waals surface area contributed by atoms with E-state index in [9.17, 15) is 9.18 Å². The molecule has 0 aromatic heterocycles. The van der Waals surface area contributed by atoms with Crippen LogP contribution in [0.4, 0.5) is 4.39 Å². The molecule has 9 nitrogen and oxygen atoms in total. The standard InChI is InChI=1S/C19H39FN2O7.C2H6.2H2/c1-3-21-4-5-24-6-7-25-8-9-26-10-11-27-12-13-28-14-15-29-17-19(20)16-22-18(2)23;1-2;;/h19,21H,3-17H2,1-2H3,(H,22,23);1-2H3;2*1H. The van der Waals surface area contributed by atoms with E-state index in [0.717, 1.165) is 13.1 Å². The molecule has 0 aromatic rings. The van der Waals surface area contributed by atoms with Gasteiger partial charge in [-0.1, -0.05) is 20.8 Å². The van der Waals surface area contributed by atoms with E-state index in [4.69, 9.17) is 28.4 Å². The molecule has 31 heavy (non-hydrogen) atoms.